The van der Waals surface area contributed by atoms with Gasteiger partial charge >= 0.3 is 6.03 Å². The molecule has 2 amide bonds. The number of nitriles is 1. The van der Waals surface area contributed by atoms with Crippen molar-refractivity contribution in [2.75, 3.05) is 12.4 Å². The number of hydroxylamine groups is 1. The summed E-state index contributed by atoms with van der Waals surface area (Å²) in [7, 11) is 1.37. The molecule has 0 saturated heterocycles. The van der Waals surface area contributed by atoms with Gasteiger partial charge in [-0.2, -0.15) is 5.26 Å². The van der Waals surface area contributed by atoms with Crippen molar-refractivity contribution in [1.29, 1.82) is 5.26 Å². The highest BCUT2D eigenvalue weighted by molar-refractivity contribution is 5.89. The van der Waals surface area contributed by atoms with Gasteiger partial charge in [0.1, 0.15) is 0 Å². The van der Waals surface area contributed by atoms with E-state index in [4.69, 9.17) is 5.26 Å². The Morgan fingerprint density at radius 2 is 2.26 bits per heavy atom. The van der Waals surface area contributed by atoms with E-state index in [-0.39, 0.29) is 5.92 Å². The van der Waals surface area contributed by atoms with Gasteiger partial charge in [0.15, 0.2) is 0 Å². The molecule has 1 aromatic rings. The molecule has 1 rings (SSSR count). The van der Waals surface area contributed by atoms with Gasteiger partial charge in [-0.15, -0.1) is 0 Å². The van der Waals surface area contributed by atoms with Crippen LogP contribution in [-0.2, 0) is 4.84 Å². The lowest BCUT2D eigenvalue weighted by molar-refractivity contribution is 0.114. The smallest absolute Gasteiger partial charge is 0.306 e. The van der Waals surface area contributed by atoms with E-state index >= 15 is 0 Å². The van der Waals surface area contributed by atoms with Crippen molar-refractivity contribution in [1.82, 2.24) is 5.48 Å². The van der Waals surface area contributed by atoms with Gasteiger partial charge in [-0.3, -0.25) is 4.84 Å². The Morgan fingerprint density at radius 1 is 1.53 bits per heavy atom. The number of rotatable bonds is 5. The van der Waals surface area contributed by atoms with E-state index in [1.54, 1.807) is 12.1 Å². The predicted octanol–water partition coefficient (Wildman–Crippen LogP) is 3.14. The second-order valence-corrected chi connectivity index (χ2v) is 4.36. The maximum Gasteiger partial charge on any atom is 0.343 e. The Morgan fingerprint density at radius 3 is 2.84 bits per heavy atom. The second-order valence-electron chi connectivity index (χ2n) is 4.36. The van der Waals surface area contributed by atoms with Crippen LogP contribution in [0, 0.1) is 11.3 Å². The molecule has 0 fully saturated rings. The maximum atomic E-state index is 11.5. The summed E-state index contributed by atoms with van der Waals surface area (Å²) in [5.41, 5.74) is 4.47. The van der Waals surface area contributed by atoms with E-state index in [1.807, 2.05) is 6.07 Å². The minimum absolute atomic E-state index is 0.274. The highest BCUT2D eigenvalue weighted by Gasteiger charge is 2.13. The highest BCUT2D eigenvalue weighted by Crippen LogP contribution is 2.28. The molecule has 19 heavy (non-hydrogen) atoms. The number of urea groups is 1. The van der Waals surface area contributed by atoms with Crippen molar-refractivity contribution in [3.05, 3.63) is 29.3 Å². The van der Waals surface area contributed by atoms with Gasteiger partial charge in [0.25, 0.3) is 0 Å². The number of amides is 2. The van der Waals surface area contributed by atoms with Crippen LogP contribution in [0.4, 0.5) is 10.5 Å². The zero-order valence-corrected chi connectivity index (χ0v) is 11.5. The number of carbonyl (C=O) groups is 1. The Kier molecular flexibility index (Phi) is 5.83. The molecule has 1 unspecified atom stereocenters. The lowest BCUT2D eigenvalue weighted by Gasteiger charge is -2.17. The summed E-state index contributed by atoms with van der Waals surface area (Å²) in [6, 6.07) is 6.94. The number of carbonyl (C=O) groups excluding carboxylic acids is 1. The first kappa shape index (κ1) is 15.0. The number of benzene rings is 1. The first-order valence-electron chi connectivity index (χ1n) is 6.26. The number of hydrogen-bond donors (Lipinski definition) is 2. The third-order valence-electron chi connectivity index (χ3n) is 2.88. The molecule has 0 aromatic heterocycles. The van der Waals surface area contributed by atoms with Gasteiger partial charge in [-0.25, -0.2) is 10.3 Å². The van der Waals surface area contributed by atoms with Crippen LogP contribution in [0.2, 0.25) is 0 Å². The van der Waals surface area contributed by atoms with Crippen molar-refractivity contribution in [3.8, 4) is 6.07 Å². The minimum Gasteiger partial charge on any atom is -0.306 e. The van der Waals surface area contributed by atoms with Gasteiger partial charge in [-0.1, -0.05) is 20.3 Å². The molecule has 1 atom stereocenters. The summed E-state index contributed by atoms with van der Waals surface area (Å²) in [6.07, 6.45) is 2.04. The van der Waals surface area contributed by atoms with E-state index in [9.17, 15) is 4.79 Å². The first-order valence-corrected chi connectivity index (χ1v) is 6.26. The molecular weight excluding hydrogens is 242 g/mol. The lowest BCUT2D eigenvalue weighted by atomic mass is 9.93. The second kappa shape index (κ2) is 7.39. The lowest BCUT2D eigenvalue weighted by Crippen LogP contribution is -2.28. The summed E-state index contributed by atoms with van der Waals surface area (Å²) in [5, 5.41) is 11.7. The van der Waals surface area contributed by atoms with Crippen LogP contribution in [0.3, 0.4) is 0 Å². The Bertz CT molecular complexity index is 480. The molecule has 0 aliphatic heterocycles. The standard InChI is InChI=1S/C14H19N3O2/c1-4-5-10(2)12-8-11(9-15)6-7-13(12)16-14(18)17-19-3/h6-8,10H,4-5H2,1-3H3,(H2,16,17,18). The van der Waals surface area contributed by atoms with E-state index in [1.165, 1.54) is 7.11 Å². The zero-order valence-electron chi connectivity index (χ0n) is 11.5. The molecule has 0 aliphatic rings. The van der Waals surface area contributed by atoms with Crippen LogP contribution in [0.1, 0.15) is 43.7 Å². The monoisotopic (exact) mass is 261 g/mol. The summed E-state index contributed by atoms with van der Waals surface area (Å²) in [4.78, 5) is 16.0. The van der Waals surface area contributed by atoms with Crippen molar-refractivity contribution in [2.24, 2.45) is 0 Å². The van der Waals surface area contributed by atoms with Crippen LogP contribution in [-0.4, -0.2) is 13.1 Å². The van der Waals surface area contributed by atoms with Gasteiger partial charge < -0.3 is 5.32 Å². The third-order valence-corrected chi connectivity index (χ3v) is 2.88. The molecule has 0 saturated carbocycles. The Labute approximate surface area is 113 Å². The topological polar surface area (TPSA) is 74.2 Å². The van der Waals surface area contributed by atoms with Crippen LogP contribution in [0.5, 0.6) is 0 Å². The maximum absolute atomic E-state index is 11.5. The fraction of sp³-hybridized carbons (Fsp3) is 0.429. The Hall–Kier alpha value is -2.06. The average Bonchev–Trinajstić information content (AvgIpc) is 2.39. The molecule has 0 radical (unpaired) electrons. The molecule has 2 N–H and O–H groups in total. The van der Waals surface area contributed by atoms with E-state index in [0.717, 1.165) is 18.4 Å². The molecule has 5 heteroatoms. The molecule has 0 aliphatic carbocycles. The van der Waals surface area contributed by atoms with E-state index < -0.39 is 6.03 Å². The molecule has 0 spiro atoms. The van der Waals surface area contributed by atoms with Crippen molar-refractivity contribution in [2.45, 2.75) is 32.6 Å². The third kappa shape index (κ3) is 4.27. The molecule has 0 heterocycles. The van der Waals surface area contributed by atoms with Gasteiger partial charge in [-0.05, 0) is 36.1 Å². The number of nitrogens with zero attached hydrogens (tertiary/aromatic N) is 1. The molecule has 102 valence electrons. The number of hydrogen-bond acceptors (Lipinski definition) is 3. The minimum atomic E-state index is -0.433. The summed E-state index contributed by atoms with van der Waals surface area (Å²) >= 11 is 0. The molecule has 0 bridgehead atoms. The predicted molar refractivity (Wildman–Crippen MR) is 73.6 cm³/mol. The van der Waals surface area contributed by atoms with Gasteiger partial charge in [0.05, 0.1) is 18.7 Å². The van der Waals surface area contributed by atoms with Crippen LogP contribution in [0.25, 0.3) is 0 Å². The van der Waals surface area contributed by atoms with Crippen LogP contribution >= 0.6 is 0 Å². The molecule has 1 aromatic carbocycles. The van der Waals surface area contributed by atoms with Crippen molar-refractivity contribution in [3.63, 3.8) is 0 Å². The van der Waals surface area contributed by atoms with Crippen LogP contribution < -0.4 is 10.8 Å². The molecule has 5 nitrogen and oxygen atoms in total. The van der Waals surface area contributed by atoms with E-state index in [0.29, 0.717) is 11.3 Å². The number of anilines is 1. The van der Waals surface area contributed by atoms with Gasteiger partial charge in [0, 0.05) is 5.69 Å². The van der Waals surface area contributed by atoms with Gasteiger partial charge in [0.2, 0.25) is 0 Å². The normalized spacial score (nSPS) is 11.5. The average molecular weight is 261 g/mol. The van der Waals surface area contributed by atoms with Crippen molar-refractivity contribution >= 4 is 11.7 Å². The fourth-order valence-electron chi connectivity index (χ4n) is 1.98. The molecular formula is C14H19N3O2. The Balaban J connectivity index is 3.02. The summed E-state index contributed by atoms with van der Waals surface area (Å²) in [6.45, 7) is 4.19. The quantitative estimate of drug-likeness (QED) is 0.799. The van der Waals surface area contributed by atoms with Crippen LogP contribution in [0.15, 0.2) is 18.2 Å². The largest absolute Gasteiger partial charge is 0.343 e. The van der Waals surface area contributed by atoms with E-state index in [2.05, 4.69) is 35.6 Å². The first-order chi connectivity index (χ1) is 9.12. The SMILES string of the molecule is CCCC(C)c1cc(C#N)ccc1NC(=O)NOC. The van der Waals surface area contributed by atoms with Crippen molar-refractivity contribution < 1.29 is 9.63 Å². The zero-order chi connectivity index (χ0) is 14.3. The number of nitrogens with one attached hydrogen (secondary N) is 2. The highest BCUT2D eigenvalue weighted by atomic mass is 16.6. The summed E-state index contributed by atoms with van der Waals surface area (Å²) < 4.78 is 0. The summed E-state index contributed by atoms with van der Waals surface area (Å²) in [5.74, 6) is 0.274. The fourth-order valence-corrected chi connectivity index (χ4v) is 1.98.